The normalized spacial score (nSPS) is 16.6. The van der Waals surface area contributed by atoms with E-state index in [1.54, 1.807) is 0 Å². The van der Waals surface area contributed by atoms with Gasteiger partial charge in [-0.2, -0.15) is 0 Å². The van der Waals surface area contributed by atoms with Crippen molar-refractivity contribution in [1.82, 2.24) is 4.72 Å². The summed E-state index contributed by atoms with van der Waals surface area (Å²) in [6.07, 6.45) is 2.13. The second-order valence-corrected chi connectivity index (χ2v) is 7.09. The highest BCUT2D eigenvalue weighted by Gasteiger charge is 2.19. The maximum absolute atomic E-state index is 11.6. The van der Waals surface area contributed by atoms with Crippen molar-refractivity contribution < 1.29 is 4.21 Å². The second-order valence-electron chi connectivity index (χ2n) is 4.67. The zero-order chi connectivity index (χ0) is 11.2. The molecule has 0 saturated carbocycles. The highest BCUT2D eigenvalue weighted by molar-refractivity contribution is 7.84. The molecule has 0 rings (SSSR count). The largest absolute Gasteiger partial charge is 0.242 e. The Labute approximate surface area is 95.4 Å². The summed E-state index contributed by atoms with van der Waals surface area (Å²) in [5.41, 5.74) is 0. The van der Waals surface area contributed by atoms with Crippen LogP contribution >= 0.6 is 11.6 Å². The van der Waals surface area contributed by atoms with E-state index >= 15 is 0 Å². The molecule has 0 amide bonds. The van der Waals surface area contributed by atoms with Gasteiger partial charge in [0.1, 0.15) is 0 Å². The third kappa shape index (κ3) is 6.80. The number of halogens is 1. The third-order valence-electron chi connectivity index (χ3n) is 1.95. The Morgan fingerprint density at radius 3 is 2.43 bits per heavy atom. The van der Waals surface area contributed by atoms with Crippen molar-refractivity contribution in [1.29, 1.82) is 0 Å². The molecule has 1 N–H and O–H groups in total. The van der Waals surface area contributed by atoms with Crippen LogP contribution in [0.3, 0.4) is 0 Å². The molecule has 0 spiro atoms. The van der Waals surface area contributed by atoms with E-state index in [2.05, 4.69) is 11.6 Å². The summed E-state index contributed by atoms with van der Waals surface area (Å²) in [7, 11) is -0.946. The Bertz CT molecular complexity index is 179. The highest BCUT2D eigenvalue weighted by atomic mass is 35.5. The number of hydrogen-bond donors (Lipinski definition) is 1. The van der Waals surface area contributed by atoms with Gasteiger partial charge in [0.2, 0.25) is 0 Å². The lowest BCUT2D eigenvalue weighted by Crippen LogP contribution is -2.35. The van der Waals surface area contributed by atoms with Gasteiger partial charge in [-0.15, -0.1) is 11.6 Å². The van der Waals surface area contributed by atoms with Crippen LogP contribution in [0, 0.1) is 5.92 Å². The first-order valence-electron chi connectivity index (χ1n) is 5.09. The number of nitrogens with one attached hydrogen (secondary N) is 1. The third-order valence-corrected chi connectivity index (χ3v) is 3.76. The van der Waals surface area contributed by atoms with Gasteiger partial charge >= 0.3 is 0 Å². The molecular weight excluding hydrogens is 218 g/mol. The molecule has 14 heavy (non-hydrogen) atoms. The van der Waals surface area contributed by atoms with Crippen molar-refractivity contribution in [2.24, 2.45) is 5.92 Å². The van der Waals surface area contributed by atoms with Gasteiger partial charge in [-0.25, -0.2) is 8.93 Å². The minimum atomic E-state index is -0.946. The first-order valence-corrected chi connectivity index (χ1v) is 6.77. The summed E-state index contributed by atoms with van der Waals surface area (Å²) < 4.78 is 14.5. The van der Waals surface area contributed by atoms with Crippen molar-refractivity contribution in [3.63, 3.8) is 0 Å². The first kappa shape index (κ1) is 14.4. The molecule has 0 fully saturated rings. The van der Waals surface area contributed by atoms with E-state index in [9.17, 15) is 4.21 Å². The van der Waals surface area contributed by atoms with E-state index in [4.69, 9.17) is 11.6 Å². The molecule has 0 saturated heterocycles. The maximum atomic E-state index is 11.6. The van der Waals surface area contributed by atoms with Crippen LogP contribution in [0.2, 0.25) is 0 Å². The van der Waals surface area contributed by atoms with Gasteiger partial charge in [-0.05, 0) is 39.5 Å². The Hall–Kier alpha value is 0.400. The van der Waals surface area contributed by atoms with E-state index in [1.165, 1.54) is 0 Å². The fourth-order valence-electron chi connectivity index (χ4n) is 0.962. The lowest BCUT2D eigenvalue weighted by molar-refractivity contribution is 0.515. The molecule has 0 aliphatic carbocycles. The lowest BCUT2D eigenvalue weighted by atomic mass is 10.1. The smallest absolute Gasteiger partial charge is 0.0970 e. The summed E-state index contributed by atoms with van der Waals surface area (Å²) in [5, 5.41) is 0. The monoisotopic (exact) mass is 239 g/mol. The average molecular weight is 240 g/mol. The summed E-state index contributed by atoms with van der Waals surface area (Å²) >= 11 is 5.60. The first-order chi connectivity index (χ1) is 6.38. The molecule has 0 aliphatic heterocycles. The molecule has 2 nitrogen and oxygen atoms in total. The van der Waals surface area contributed by atoms with Crippen LogP contribution in [0.15, 0.2) is 0 Å². The van der Waals surface area contributed by atoms with E-state index in [0.717, 1.165) is 19.4 Å². The molecule has 0 aliphatic rings. The molecular formula is C10H22ClNOS. The zero-order valence-corrected chi connectivity index (χ0v) is 11.2. The topological polar surface area (TPSA) is 29.1 Å². The van der Waals surface area contributed by atoms with Gasteiger partial charge in [0, 0.05) is 12.4 Å². The highest BCUT2D eigenvalue weighted by Crippen LogP contribution is 2.10. The molecule has 0 aromatic heterocycles. The molecule has 0 bridgehead atoms. The fourth-order valence-corrected chi connectivity index (χ4v) is 1.99. The molecule has 2 atom stereocenters. The minimum Gasteiger partial charge on any atom is -0.242 e. The predicted molar refractivity (Wildman–Crippen MR) is 65.0 cm³/mol. The maximum Gasteiger partial charge on any atom is 0.0970 e. The van der Waals surface area contributed by atoms with E-state index in [0.29, 0.717) is 11.8 Å². The van der Waals surface area contributed by atoms with E-state index in [-0.39, 0.29) is 4.75 Å². The van der Waals surface area contributed by atoms with Crippen LogP contribution in [0.5, 0.6) is 0 Å². The standard InChI is InChI=1S/C10H22ClNOS/c1-9(6-5-7-11)8-12-14(13)10(2,3)4/h9,12H,5-8H2,1-4H3/t9-,14-/m1/s1. The van der Waals surface area contributed by atoms with Crippen molar-refractivity contribution in [2.75, 3.05) is 12.4 Å². The molecule has 86 valence electrons. The van der Waals surface area contributed by atoms with Crippen molar-refractivity contribution >= 4 is 22.6 Å². The Morgan fingerprint density at radius 1 is 1.43 bits per heavy atom. The SMILES string of the molecule is C[C@H](CCCCl)CN[S@](=O)C(C)(C)C. The van der Waals surface area contributed by atoms with Crippen molar-refractivity contribution in [2.45, 2.75) is 45.3 Å². The quantitative estimate of drug-likeness (QED) is 0.710. The molecule has 0 radical (unpaired) electrons. The van der Waals surface area contributed by atoms with E-state index in [1.807, 2.05) is 20.8 Å². The Morgan fingerprint density at radius 2 is 2.00 bits per heavy atom. The van der Waals surface area contributed by atoms with Crippen molar-refractivity contribution in [3.8, 4) is 0 Å². The van der Waals surface area contributed by atoms with Crippen LogP contribution in [0.25, 0.3) is 0 Å². The van der Waals surface area contributed by atoms with Crippen LogP contribution < -0.4 is 4.72 Å². The molecule has 0 aromatic rings. The Kier molecular flexibility index (Phi) is 7.00. The van der Waals surface area contributed by atoms with Crippen LogP contribution in [0.1, 0.15) is 40.5 Å². The summed E-state index contributed by atoms with van der Waals surface area (Å²) in [5.74, 6) is 1.26. The summed E-state index contributed by atoms with van der Waals surface area (Å²) in [6, 6.07) is 0. The second kappa shape index (κ2) is 6.81. The molecule has 0 heterocycles. The van der Waals surface area contributed by atoms with Crippen LogP contribution in [0.4, 0.5) is 0 Å². The van der Waals surface area contributed by atoms with Gasteiger partial charge < -0.3 is 0 Å². The molecule has 4 heteroatoms. The fraction of sp³-hybridized carbons (Fsp3) is 1.00. The average Bonchev–Trinajstić information content (AvgIpc) is 2.09. The molecule has 0 aromatic carbocycles. The van der Waals surface area contributed by atoms with Gasteiger partial charge in [-0.1, -0.05) is 6.92 Å². The van der Waals surface area contributed by atoms with E-state index < -0.39 is 11.0 Å². The number of alkyl halides is 1. The minimum absolute atomic E-state index is 0.174. The lowest BCUT2D eigenvalue weighted by Gasteiger charge is -2.20. The Balaban J connectivity index is 3.67. The number of rotatable bonds is 6. The van der Waals surface area contributed by atoms with Crippen molar-refractivity contribution in [3.05, 3.63) is 0 Å². The summed E-state index contributed by atoms with van der Waals surface area (Å²) in [4.78, 5) is 0. The van der Waals surface area contributed by atoms with Gasteiger partial charge in [0.05, 0.1) is 15.7 Å². The summed E-state index contributed by atoms with van der Waals surface area (Å²) in [6.45, 7) is 8.87. The predicted octanol–water partition coefficient (Wildman–Crippen LogP) is 2.69. The van der Waals surface area contributed by atoms with Crippen LogP contribution in [-0.4, -0.2) is 21.4 Å². The van der Waals surface area contributed by atoms with Gasteiger partial charge in [0.25, 0.3) is 0 Å². The van der Waals surface area contributed by atoms with Gasteiger partial charge in [-0.3, -0.25) is 0 Å². The number of hydrogen-bond acceptors (Lipinski definition) is 1. The molecule has 0 unspecified atom stereocenters. The van der Waals surface area contributed by atoms with Gasteiger partial charge in [0.15, 0.2) is 0 Å². The van der Waals surface area contributed by atoms with Crippen LogP contribution in [-0.2, 0) is 11.0 Å². The zero-order valence-electron chi connectivity index (χ0n) is 9.60.